The van der Waals surface area contributed by atoms with Crippen molar-refractivity contribution in [1.82, 2.24) is 14.7 Å². The van der Waals surface area contributed by atoms with Crippen LogP contribution >= 0.6 is 23.2 Å². The van der Waals surface area contributed by atoms with E-state index in [9.17, 15) is 9.59 Å². The van der Waals surface area contributed by atoms with Crippen LogP contribution in [0.4, 0.5) is 0 Å². The first-order chi connectivity index (χ1) is 11.9. The van der Waals surface area contributed by atoms with E-state index >= 15 is 0 Å². The summed E-state index contributed by atoms with van der Waals surface area (Å²) >= 11 is 11.9. The molecule has 1 aliphatic heterocycles. The molecule has 0 saturated carbocycles. The second-order valence-corrected chi connectivity index (χ2v) is 6.40. The molecule has 1 aromatic carbocycles. The maximum Gasteiger partial charge on any atom is 0.306 e. The molecule has 1 amide bonds. The van der Waals surface area contributed by atoms with Gasteiger partial charge in [-0.05, 0) is 24.3 Å². The second-order valence-electron chi connectivity index (χ2n) is 5.59. The number of benzene rings is 1. The molecular weight excluding hydrogens is 369 g/mol. The molecule has 7 nitrogen and oxygen atoms in total. The van der Waals surface area contributed by atoms with Gasteiger partial charge in [0.15, 0.2) is 5.69 Å². The zero-order valence-electron chi connectivity index (χ0n) is 13.1. The van der Waals surface area contributed by atoms with Crippen molar-refractivity contribution in [1.29, 1.82) is 0 Å². The number of hydrogen-bond donors (Lipinski definition) is 1. The van der Waals surface area contributed by atoms with E-state index in [0.29, 0.717) is 28.9 Å². The number of amides is 1. The van der Waals surface area contributed by atoms with E-state index in [4.69, 9.17) is 33.0 Å². The van der Waals surface area contributed by atoms with Crippen molar-refractivity contribution in [2.45, 2.75) is 12.5 Å². The molecule has 25 heavy (non-hydrogen) atoms. The van der Waals surface area contributed by atoms with Gasteiger partial charge in [0.2, 0.25) is 0 Å². The van der Waals surface area contributed by atoms with E-state index in [1.54, 1.807) is 35.4 Å². The highest BCUT2D eigenvalue weighted by Crippen LogP contribution is 2.24. The summed E-state index contributed by atoms with van der Waals surface area (Å²) in [7, 11) is 0. The van der Waals surface area contributed by atoms with Crippen LogP contribution in [0.1, 0.15) is 16.9 Å². The van der Waals surface area contributed by atoms with Crippen molar-refractivity contribution in [3.8, 4) is 5.69 Å². The van der Waals surface area contributed by atoms with Gasteiger partial charge >= 0.3 is 5.97 Å². The van der Waals surface area contributed by atoms with Crippen molar-refractivity contribution in [3.63, 3.8) is 0 Å². The van der Waals surface area contributed by atoms with Crippen molar-refractivity contribution in [3.05, 3.63) is 46.2 Å². The number of aliphatic carboxylic acids is 1. The SMILES string of the molecule is O=C(O)CC1CN(C(=O)c2ccn(-c3ccc(Cl)c(Cl)c3)n2)CCO1. The van der Waals surface area contributed by atoms with Gasteiger partial charge in [-0.15, -0.1) is 0 Å². The van der Waals surface area contributed by atoms with Crippen molar-refractivity contribution in [2.75, 3.05) is 19.7 Å². The zero-order chi connectivity index (χ0) is 18.0. The first kappa shape index (κ1) is 17.7. The third kappa shape index (κ3) is 4.12. The van der Waals surface area contributed by atoms with E-state index in [2.05, 4.69) is 5.10 Å². The van der Waals surface area contributed by atoms with Gasteiger partial charge in [0, 0.05) is 19.3 Å². The van der Waals surface area contributed by atoms with Crippen molar-refractivity contribution in [2.24, 2.45) is 0 Å². The summed E-state index contributed by atoms with van der Waals surface area (Å²) in [6.45, 7) is 0.927. The highest BCUT2D eigenvalue weighted by molar-refractivity contribution is 6.42. The Morgan fingerprint density at radius 2 is 2.08 bits per heavy atom. The van der Waals surface area contributed by atoms with Crippen LogP contribution in [0.25, 0.3) is 5.69 Å². The molecule has 2 heterocycles. The Labute approximate surface area is 153 Å². The third-order valence-electron chi connectivity index (χ3n) is 3.80. The predicted molar refractivity (Wildman–Crippen MR) is 91.5 cm³/mol. The maximum absolute atomic E-state index is 12.6. The highest BCUT2D eigenvalue weighted by atomic mass is 35.5. The standard InChI is InChI=1S/C16H15Cl2N3O4/c17-12-2-1-10(7-13(12)18)21-4-3-14(19-21)16(24)20-5-6-25-11(9-20)8-15(22)23/h1-4,7,11H,5-6,8-9H2,(H,22,23). The molecule has 1 atom stereocenters. The molecule has 1 aliphatic rings. The van der Waals surface area contributed by atoms with Crippen molar-refractivity contribution >= 4 is 35.1 Å². The Hall–Kier alpha value is -2.09. The van der Waals surface area contributed by atoms with Crippen LogP contribution in [0.2, 0.25) is 10.0 Å². The molecule has 0 aliphatic carbocycles. The molecule has 0 spiro atoms. The molecular formula is C16H15Cl2N3O4. The minimum atomic E-state index is -0.955. The smallest absolute Gasteiger partial charge is 0.306 e. The fraction of sp³-hybridized carbons (Fsp3) is 0.312. The average Bonchev–Trinajstić information content (AvgIpc) is 3.06. The second kappa shape index (κ2) is 7.43. The lowest BCUT2D eigenvalue weighted by atomic mass is 10.2. The minimum Gasteiger partial charge on any atom is -0.481 e. The fourth-order valence-corrected chi connectivity index (χ4v) is 2.89. The molecule has 0 radical (unpaired) electrons. The largest absolute Gasteiger partial charge is 0.481 e. The van der Waals surface area contributed by atoms with Gasteiger partial charge in [-0.2, -0.15) is 5.10 Å². The number of hydrogen-bond acceptors (Lipinski definition) is 4. The Kier molecular flexibility index (Phi) is 5.27. The van der Waals surface area contributed by atoms with E-state index in [0.717, 1.165) is 0 Å². The van der Waals surface area contributed by atoms with E-state index in [-0.39, 0.29) is 24.6 Å². The summed E-state index contributed by atoms with van der Waals surface area (Å²) in [5, 5.41) is 14.0. The lowest BCUT2D eigenvalue weighted by Gasteiger charge is -2.31. The van der Waals surface area contributed by atoms with Crippen LogP contribution in [0.15, 0.2) is 30.5 Å². The van der Waals surface area contributed by atoms with Crippen LogP contribution < -0.4 is 0 Å². The number of halogens is 2. The number of carboxylic acids is 1. The maximum atomic E-state index is 12.6. The first-order valence-electron chi connectivity index (χ1n) is 7.58. The summed E-state index contributed by atoms with van der Waals surface area (Å²) in [6.07, 6.45) is 1.01. The number of carbonyl (C=O) groups excluding carboxylic acids is 1. The molecule has 0 bridgehead atoms. The van der Waals surface area contributed by atoms with E-state index < -0.39 is 12.1 Å². The number of rotatable bonds is 4. The molecule has 132 valence electrons. The molecule has 1 unspecified atom stereocenters. The predicted octanol–water partition coefficient (Wildman–Crippen LogP) is 2.49. The van der Waals surface area contributed by atoms with Gasteiger partial charge in [-0.25, -0.2) is 4.68 Å². The Morgan fingerprint density at radius 3 is 2.80 bits per heavy atom. The summed E-state index contributed by atoms with van der Waals surface area (Å²) in [6, 6.07) is 6.66. The summed E-state index contributed by atoms with van der Waals surface area (Å²) in [5.74, 6) is -1.22. The number of aromatic nitrogens is 2. The average molecular weight is 384 g/mol. The van der Waals surface area contributed by atoms with Crippen LogP contribution in [-0.2, 0) is 9.53 Å². The van der Waals surface area contributed by atoms with Crippen molar-refractivity contribution < 1.29 is 19.4 Å². The van der Waals surface area contributed by atoms with Gasteiger partial charge < -0.3 is 14.7 Å². The number of ether oxygens (including phenoxy) is 1. The summed E-state index contributed by atoms with van der Waals surface area (Å²) < 4.78 is 6.91. The number of carbonyl (C=O) groups is 2. The Morgan fingerprint density at radius 1 is 1.28 bits per heavy atom. The number of morpholine rings is 1. The van der Waals surface area contributed by atoms with E-state index in [1.165, 1.54) is 4.68 Å². The minimum absolute atomic E-state index is 0.137. The molecule has 1 aromatic heterocycles. The van der Waals surface area contributed by atoms with Gasteiger partial charge in [0.25, 0.3) is 5.91 Å². The Bertz CT molecular complexity index is 808. The first-order valence-corrected chi connectivity index (χ1v) is 8.33. The third-order valence-corrected chi connectivity index (χ3v) is 4.54. The molecule has 2 aromatic rings. The molecule has 1 fully saturated rings. The lowest BCUT2D eigenvalue weighted by molar-refractivity contribution is -0.141. The van der Waals surface area contributed by atoms with Gasteiger partial charge in [-0.3, -0.25) is 9.59 Å². The quantitative estimate of drug-likeness (QED) is 0.876. The van der Waals surface area contributed by atoms with Gasteiger partial charge in [-0.1, -0.05) is 23.2 Å². The van der Waals surface area contributed by atoms with Crippen LogP contribution in [-0.4, -0.2) is 57.5 Å². The van der Waals surface area contributed by atoms with Crippen LogP contribution in [0, 0.1) is 0 Å². The fourth-order valence-electron chi connectivity index (χ4n) is 2.59. The monoisotopic (exact) mass is 383 g/mol. The summed E-state index contributed by atoms with van der Waals surface area (Å²) in [4.78, 5) is 25.0. The topological polar surface area (TPSA) is 84.7 Å². The number of carboxylic acid groups (broad SMARTS) is 1. The van der Waals surface area contributed by atoms with Gasteiger partial charge in [0.05, 0.1) is 34.9 Å². The highest BCUT2D eigenvalue weighted by Gasteiger charge is 2.27. The molecule has 1 saturated heterocycles. The van der Waals surface area contributed by atoms with Crippen LogP contribution in [0.3, 0.4) is 0 Å². The molecule has 9 heteroatoms. The summed E-state index contributed by atoms with van der Waals surface area (Å²) in [5.41, 5.74) is 0.946. The normalized spacial score (nSPS) is 17.5. The zero-order valence-corrected chi connectivity index (χ0v) is 14.6. The van der Waals surface area contributed by atoms with E-state index in [1.807, 2.05) is 0 Å². The number of nitrogens with zero attached hydrogens (tertiary/aromatic N) is 3. The molecule has 3 rings (SSSR count). The Balaban J connectivity index is 1.74. The lowest BCUT2D eigenvalue weighted by Crippen LogP contribution is -2.46. The molecule has 1 N–H and O–H groups in total. The van der Waals surface area contributed by atoms with Gasteiger partial charge in [0.1, 0.15) is 0 Å². The van der Waals surface area contributed by atoms with Crippen LogP contribution in [0.5, 0.6) is 0 Å².